The molecule has 0 atom stereocenters. The van der Waals surface area contributed by atoms with Gasteiger partial charge in [-0.25, -0.2) is 0 Å². The average molecular weight is 289 g/mol. The molecular formula is C14H15N3O2S. The van der Waals surface area contributed by atoms with Crippen LogP contribution in [0.2, 0.25) is 0 Å². The van der Waals surface area contributed by atoms with Crippen LogP contribution in [0.5, 0.6) is 0 Å². The van der Waals surface area contributed by atoms with Crippen molar-refractivity contribution in [1.82, 2.24) is 4.90 Å². The Morgan fingerprint density at radius 2 is 2.05 bits per heavy atom. The number of anilines is 1. The molecule has 1 saturated heterocycles. The second-order valence-corrected chi connectivity index (χ2v) is 5.40. The summed E-state index contributed by atoms with van der Waals surface area (Å²) in [7, 11) is 0. The van der Waals surface area contributed by atoms with E-state index in [1.807, 2.05) is 6.07 Å². The molecule has 0 unspecified atom stereocenters. The Hall–Kier alpha value is -2.13. The van der Waals surface area contributed by atoms with Gasteiger partial charge in [-0.15, -0.1) is 11.3 Å². The van der Waals surface area contributed by atoms with Crippen LogP contribution >= 0.6 is 11.3 Å². The zero-order chi connectivity index (χ0) is 14.4. The molecule has 20 heavy (non-hydrogen) atoms. The van der Waals surface area contributed by atoms with Gasteiger partial charge in [-0.3, -0.25) is 9.59 Å². The summed E-state index contributed by atoms with van der Waals surface area (Å²) in [4.78, 5) is 25.3. The van der Waals surface area contributed by atoms with E-state index >= 15 is 0 Å². The zero-order valence-electron chi connectivity index (χ0n) is 11.0. The normalized spacial score (nSPS) is 15.1. The van der Waals surface area contributed by atoms with Crippen LogP contribution in [0.1, 0.15) is 24.8 Å². The molecule has 2 heterocycles. The fourth-order valence-corrected chi connectivity index (χ4v) is 2.75. The van der Waals surface area contributed by atoms with Gasteiger partial charge in [0.25, 0.3) is 0 Å². The molecule has 1 fully saturated rings. The van der Waals surface area contributed by atoms with Crippen LogP contribution < -0.4 is 5.32 Å². The van der Waals surface area contributed by atoms with Gasteiger partial charge in [0.15, 0.2) is 0 Å². The van der Waals surface area contributed by atoms with Crippen LogP contribution in [0.25, 0.3) is 0 Å². The van der Waals surface area contributed by atoms with E-state index in [4.69, 9.17) is 5.26 Å². The highest BCUT2D eigenvalue weighted by Gasteiger charge is 2.14. The predicted octanol–water partition coefficient (Wildman–Crippen LogP) is 2.13. The quantitative estimate of drug-likeness (QED) is 0.866. The SMILES string of the molecule is N#Cc1ccsc1NC(=O)C=CC(=O)N1CCCCC1. The number of rotatable bonds is 3. The fourth-order valence-electron chi connectivity index (χ4n) is 2.01. The first kappa shape index (κ1) is 14.3. The molecule has 5 nitrogen and oxygen atoms in total. The maximum Gasteiger partial charge on any atom is 0.249 e. The maximum atomic E-state index is 11.8. The van der Waals surface area contributed by atoms with Crippen molar-refractivity contribution in [3.8, 4) is 6.07 Å². The summed E-state index contributed by atoms with van der Waals surface area (Å²) in [6, 6.07) is 3.64. The van der Waals surface area contributed by atoms with E-state index in [0.29, 0.717) is 10.6 Å². The van der Waals surface area contributed by atoms with Gasteiger partial charge in [-0.05, 0) is 30.7 Å². The number of carbonyl (C=O) groups excluding carboxylic acids is 2. The van der Waals surface area contributed by atoms with Crippen molar-refractivity contribution in [2.24, 2.45) is 0 Å². The minimum atomic E-state index is -0.394. The number of hydrogen-bond acceptors (Lipinski definition) is 4. The van der Waals surface area contributed by atoms with Crippen molar-refractivity contribution in [2.45, 2.75) is 19.3 Å². The van der Waals surface area contributed by atoms with E-state index in [0.717, 1.165) is 32.4 Å². The molecule has 1 aromatic rings. The second-order valence-electron chi connectivity index (χ2n) is 4.48. The molecule has 104 valence electrons. The van der Waals surface area contributed by atoms with Gasteiger partial charge in [-0.1, -0.05) is 0 Å². The zero-order valence-corrected chi connectivity index (χ0v) is 11.8. The van der Waals surface area contributed by atoms with Gasteiger partial charge in [0.05, 0.1) is 5.56 Å². The predicted molar refractivity (Wildman–Crippen MR) is 77.2 cm³/mol. The topological polar surface area (TPSA) is 73.2 Å². The fraction of sp³-hybridized carbons (Fsp3) is 0.357. The van der Waals surface area contributed by atoms with Crippen molar-refractivity contribution < 1.29 is 9.59 Å². The first-order valence-corrected chi connectivity index (χ1v) is 7.34. The Balaban J connectivity index is 1.89. The van der Waals surface area contributed by atoms with Gasteiger partial charge >= 0.3 is 0 Å². The number of thiophene rings is 1. The molecule has 6 heteroatoms. The third-order valence-corrected chi connectivity index (χ3v) is 3.90. The summed E-state index contributed by atoms with van der Waals surface area (Å²) >= 11 is 1.28. The lowest BCUT2D eigenvalue weighted by Crippen LogP contribution is -2.34. The lowest BCUT2D eigenvalue weighted by Gasteiger charge is -2.25. The van der Waals surface area contributed by atoms with Crippen LogP contribution in [0.15, 0.2) is 23.6 Å². The number of hydrogen-bond donors (Lipinski definition) is 1. The van der Waals surface area contributed by atoms with Crippen molar-refractivity contribution in [3.05, 3.63) is 29.2 Å². The van der Waals surface area contributed by atoms with Crippen molar-refractivity contribution in [1.29, 1.82) is 5.26 Å². The van der Waals surface area contributed by atoms with Gasteiger partial charge in [0, 0.05) is 25.2 Å². The number of amides is 2. The Morgan fingerprint density at radius 1 is 1.30 bits per heavy atom. The molecule has 0 aromatic carbocycles. The summed E-state index contributed by atoms with van der Waals surface area (Å²) in [5.74, 6) is -0.527. The minimum absolute atomic E-state index is 0.133. The Morgan fingerprint density at radius 3 is 2.75 bits per heavy atom. The van der Waals surface area contributed by atoms with E-state index < -0.39 is 5.91 Å². The molecule has 1 aliphatic heterocycles. The second kappa shape index (κ2) is 6.87. The van der Waals surface area contributed by atoms with Crippen molar-refractivity contribution in [3.63, 3.8) is 0 Å². The van der Waals surface area contributed by atoms with Gasteiger partial charge in [0.1, 0.15) is 11.1 Å². The van der Waals surface area contributed by atoms with Crippen molar-refractivity contribution in [2.75, 3.05) is 18.4 Å². The van der Waals surface area contributed by atoms with Crippen LogP contribution in [-0.2, 0) is 9.59 Å². The van der Waals surface area contributed by atoms with Gasteiger partial charge < -0.3 is 10.2 Å². The van der Waals surface area contributed by atoms with Crippen LogP contribution in [0, 0.1) is 11.3 Å². The summed E-state index contributed by atoms with van der Waals surface area (Å²) in [5.41, 5.74) is 0.430. The summed E-state index contributed by atoms with van der Waals surface area (Å²) in [6.45, 7) is 1.52. The van der Waals surface area contributed by atoms with E-state index in [9.17, 15) is 9.59 Å². The first-order valence-electron chi connectivity index (χ1n) is 6.46. The Labute approximate surface area is 121 Å². The number of carbonyl (C=O) groups is 2. The smallest absolute Gasteiger partial charge is 0.249 e. The largest absolute Gasteiger partial charge is 0.339 e. The monoisotopic (exact) mass is 289 g/mol. The molecule has 0 radical (unpaired) electrons. The molecule has 0 spiro atoms. The highest BCUT2D eigenvalue weighted by atomic mass is 32.1. The molecule has 1 aromatic heterocycles. The minimum Gasteiger partial charge on any atom is -0.339 e. The van der Waals surface area contributed by atoms with Crippen LogP contribution in [0.3, 0.4) is 0 Å². The highest BCUT2D eigenvalue weighted by Crippen LogP contribution is 2.21. The number of piperidine rings is 1. The number of nitrogens with one attached hydrogen (secondary N) is 1. The third kappa shape index (κ3) is 3.68. The summed E-state index contributed by atoms with van der Waals surface area (Å²) < 4.78 is 0. The molecular weight excluding hydrogens is 274 g/mol. The van der Waals surface area contributed by atoms with Crippen LogP contribution in [0.4, 0.5) is 5.00 Å². The third-order valence-electron chi connectivity index (χ3n) is 3.07. The average Bonchev–Trinajstić information content (AvgIpc) is 2.92. The molecule has 2 amide bonds. The van der Waals surface area contributed by atoms with Gasteiger partial charge in [-0.2, -0.15) is 5.26 Å². The first-order chi connectivity index (χ1) is 9.70. The molecule has 1 N–H and O–H groups in total. The Bertz CT molecular complexity index is 565. The molecule has 0 saturated carbocycles. The standard InChI is InChI=1S/C14H15N3O2S/c15-10-11-6-9-20-14(11)16-12(18)4-5-13(19)17-7-2-1-3-8-17/h4-6,9H,1-3,7-8H2,(H,16,18). The van der Waals surface area contributed by atoms with E-state index in [2.05, 4.69) is 5.32 Å². The molecule has 0 aliphatic carbocycles. The number of nitriles is 1. The van der Waals surface area contributed by atoms with E-state index in [-0.39, 0.29) is 5.91 Å². The van der Waals surface area contributed by atoms with Crippen molar-refractivity contribution >= 4 is 28.2 Å². The van der Waals surface area contributed by atoms with E-state index in [1.165, 1.54) is 23.5 Å². The van der Waals surface area contributed by atoms with Gasteiger partial charge in [0.2, 0.25) is 11.8 Å². The van der Waals surface area contributed by atoms with Crippen LogP contribution in [-0.4, -0.2) is 29.8 Å². The number of likely N-dealkylation sites (tertiary alicyclic amines) is 1. The Kier molecular flexibility index (Phi) is 4.91. The highest BCUT2D eigenvalue weighted by molar-refractivity contribution is 7.14. The number of nitrogens with zero attached hydrogens (tertiary/aromatic N) is 2. The molecule has 1 aliphatic rings. The summed E-state index contributed by atoms with van der Waals surface area (Å²) in [5, 5.41) is 13.7. The van der Waals surface area contributed by atoms with E-state index in [1.54, 1.807) is 16.3 Å². The summed E-state index contributed by atoms with van der Waals surface area (Å²) in [6.07, 6.45) is 5.71. The molecule has 2 rings (SSSR count). The maximum absolute atomic E-state index is 11.8. The lowest BCUT2D eigenvalue weighted by molar-refractivity contribution is -0.127. The molecule has 0 bridgehead atoms. The lowest BCUT2D eigenvalue weighted by atomic mass is 10.1.